The smallest absolute Gasteiger partial charge is 0.220 e. The van der Waals surface area contributed by atoms with Crippen molar-refractivity contribution in [3.63, 3.8) is 0 Å². The Labute approximate surface area is 113 Å². The molecule has 1 atom stereocenters. The first-order chi connectivity index (χ1) is 9.28. The van der Waals surface area contributed by atoms with E-state index >= 15 is 0 Å². The van der Waals surface area contributed by atoms with Gasteiger partial charge in [-0.25, -0.2) is 0 Å². The third kappa shape index (κ3) is 4.38. The lowest BCUT2D eigenvalue weighted by Crippen LogP contribution is -2.23. The second kappa shape index (κ2) is 6.91. The number of hydrogen-bond donors (Lipinski definition) is 1. The van der Waals surface area contributed by atoms with E-state index in [1.807, 2.05) is 12.1 Å². The summed E-state index contributed by atoms with van der Waals surface area (Å²) in [6.07, 6.45) is 3.73. The molecule has 1 saturated heterocycles. The molecule has 1 aromatic carbocycles. The average Bonchev–Trinajstić information content (AvgIpc) is 2.96. The zero-order valence-electron chi connectivity index (χ0n) is 10.9. The highest BCUT2D eigenvalue weighted by Gasteiger charge is 2.16. The molecule has 0 spiro atoms. The largest absolute Gasteiger partial charge is 0.378 e. The Kier molecular flexibility index (Phi) is 4.93. The molecule has 0 bridgehead atoms. The topological polar surface area (TPSA) is 62.1 Å². The van der Waals surface area contributed by atoms with Crippen molar-refractivity contribution in [3.8, 4) is 6.07 Å². The first kappa shape index (κ1) is 13.6. The highest BCUT2D eigenvalue weighted by Crippen LogP contribution is 2.16. The summed E-state index contributed by atoms with van der Waals surface area (Å²) in [5, 5.41) is 11.7. The van der Waals surface area contributed by atoms with Crippen molar-refractivity contribution in [2.24, 2.45) is 0 Å². The molecule has 1 heterocycles. The number of benzene rings is 1. The Morgan fingerprint density at radius 2 is 2.42 bits per heavy atom. The lowest BCUT2D eigenvalue weighted by atomic mass is 10.1. The predicted octanol–water partition coefficient (Wildman–Crippen LogP) is 2.13. The number of nitrogens with zero attached hydrogens (tertiary/aromatic N) is 1. The molecule has 1 amide bonds. The minimum Gasteiger partial charge on any atom is -0.378 e. The molecule has 19 heavy (non-hydrogen) atoms. The molecule has 0 radical (unpaired) electrons. The number of ether oxygens (including phenoxy) is 1. The van der Waals surface area contributed by atoms with Crippen molar-refractivity contribution in [2.45, 2.75) is 38.3 Å². The molecule has 1 unspecified atom stereocenters. The summed E-state index contributed by atoms with van der Waals surface area (Å²) in [6, 6.07) is 9.36. The van der Waals surface area contributed by atoms with Crippen molar-refractivity contribution >= 4 is 5.91 Å². The van der Waals surface area contributed by atoms with Crippen LogP contribution in [0, 0.1) is 11.3 Å². The van der Waals surface area contributed by atoms with Crippen LogP contribution in [0.5, 0.6) is 0 Å². The molecule has 1 aliphatic rings. The molecule has 1 N–H and O–H groups in total. The van der Waals surface area contributed by atoms with E-state index in [0.717, 1.165) is 31.4 Å². The SMILES string of the molecule is N#Cc1cccc(CNC(=O)CCC2CCCO2)c1. The van der Waals surface area contributed by atoms with Crippen LogP contribution in [0.4, 0.5) is 0 Å². The molecule has 4 heteroatoms. The van der Waals surface area contributed by atoms with Gasteiger partial charge in [-0.2, -0.15) is 5.26 Å². The molecule has 1 aliphatic heterocycles. The Balaban J connectivity index is 1.72. The second-order valence-corrected chi connectivity index (χ2v) is 4.76. The summed E-state index contributed by atoms with van der Waals surface area (Å²) in [6.45, 7) is 1.30. The minimum absolute atomic E-state index is 0.0397. The van der Waals surface area contributed by atoms with E-state index in [-0.39, 0.29) is 12.0 Å². The fraction of sp³-hybridized carbons (Fsp3) is 0.467. The highest BCUT2D eigenvalue weighted by molar-refractivity contribution is 5.75. The lowest BCUT2D eigenvalue weighted by molar-refractivity contribution is -0.121. The Morgan fingerprint density at radius 1 is 1.53 bits per heavy atom. The molecule has 1 aromatic rings. The maximum atomic E-state index is 11.7. The Bertz CT molecular complexity index is 473. The Hall–Kier alpha value is -1.86. The Morgan fingerprint density at radius 3 is 3.16 bits per heavy atom. The number of nitriles is 1. The van der Waals surface area contributed by atoms with Gasteiger partial charge in [0.25, 0.3) is 0 Å². The molecular weight excluding hydrogens is 240 g/mol. The third-order valence-electron chi connectivity index (χ3n) is 3.26. The van der Waals surface area contributed by atoms with E-state index in [1.54, 1.807) is 12.1 Å². The zero-order chi connectivity index (χ0) is 13.5. The zero-order valence-corrected chi connectivity index (χ0v) is 10.9. The maximum absolute atomic E-state index is 11.7. The van der Waals surface area contributed by atoms with Gasteiger partial charge in [-0.15, -0.1) is 0 Å². The van der Waals surface area contributed by atoms with Crippen molar-refractivity contribution in [1.29, 1.82) is 5.26 Å². The highest BCUT2D eigenvalue weighted by atomic mass is 16.5. The van der Waals surface area contributed by atoms with Gasteiger partial charge in [0.1, 0.15) is 0 Å². The van der Waals surface area contributed by atoms with Crippen LogP contribution >= 0.6 is 0 Å². The van der Waals surface area contributed by atoms with Gasteiger partial charge in [-0.3, -0.25) is 4.79 Å². The van der Waals surface area contributed by atoms with Gasteiger partial charge in [0.15, 0.2) is 0 Å². The number of nitrogens with one attached hydrogen (secondary N) is 1. The van der Waals surface area contributed by atoms with Crippen LogP contribution < -0.4 is 5.32 Å². The summed E-state index contributed by atoms with van der Waals surface area (Å²) < 4.78 is 5.48. The van der Waals surface area contributed by atoms with Gasteiger partial charge in [-0.05, 0) is 37.0 Å². The molecule has 0 saturated carbocycles. The van der Waals surface area contributed by atoms with Crippen LogP contribution in [0.15, 0.2) is 24.3 Å². The van der Waals surface area contributed by atoms with Crippen molar-refractivity contribution in [3.05, 3.63) is 35.4 Å². The predicted molar refractivity (Wildman–Crippen MR) is 71.2 cm³/mol. The second-order valence-electron chi connectivity index (χ2n) is 4.76. The number of carbonyl (C=O) groups excluding carboxylic acids is 1. The first-order valence-corrected chi connectivity index (χ1v) is 6.65. The fourth-order valence-corrected chi connectivity index (χ4v) is 2.20. The van der Waals surface area contributed by atoms with Gasteiger partial charge in [0.2, 0.25) is 5.91 Å². The van der Waals surface area contributed by atoms with Gasteiger partial charge >= 0.3 is 0 Å². The summed E-state index contributed by atoms with van der Waals surface area (Å²) in [5.74, 6) is 0.0397. The number of hydrogen-bond acceptors (Lipinski definition) is 3. The van der Waals surface area contributed by atoms with E-state index in [1.165, 1.54) is 0 Å². The van der Waals surface area contributed by atoms with Gasteiger partial charge in [-0.1, -0.05) is 12.1 Å². The average molecular weight is 258 g/mol. The lowest BCUT2D eigenvalue weighted by Gasteiger charge is -2.09. The van der Waals surface area contributed by atoms with Crippen LogP contribution in [0.1, 0.15) is 36.8 Å². The van der Waals surface area contributed by atoms with Crippen LogP contribution in [-0.4, -0.2) is 18.6 Å². The van der Waals surface area contributed by atoms with Gasteiger partial charge < -0.3 is 10.1 Å². The quantitative estimate of drug-likeness (QED) is 0.880. The standard InChI is InChI=1S/C15H18N2O2/c16-10-12-3-1-4-13(9-12)11-17-15(18)7-6-14-5-2-8-19-14/h1,3-4,9,14H,2,5-8,11H2,(H,17,18). The normalized spacial score (nSPS) is 17.9. The molecule has 0 aromatic heterocycles. The fourth-order valence-electron chi connectivity index (χ4n) is 2.20. The molecule has 2 rings (SSSR count). The number of rotatable bonds is 5. The van der Waals surface area contributed by atoms with E-state index in [2.05, 4.69) is 11.4 Å². The molecule has 0 aliphatic carbocycles. The van der Waals surface area contributed by atoms with E-state index in [0.29, 0.717) is 18.5 Å². The van der Waals surface area contributed by atoms with Gasteiger partial charge in [0.05, 0.1) is 17.7 Å². The van der Waals surface area contributed by atoms with Crippen molar-refractivity contribution < 1.29 is 9.53 Å². The van der Waals surface area contributed by atoms with E-state index in [4.69, 9.17) is 10.00 Å². The number of amides is 1. The maximum Gasteiger partial charge on any atom is 0.220 e. The monoisotopic (exact) mass is 258 g/mol. The van der Waals surface area contributed by atoms with Crippen molar-refractivity contribution in [2.75, 3.05) is 6.61 Å². The number of carbonyl (C=O) groups is 1. The summed E-state index contributed by atoms with van der Waals surface area (Å²) in [4.78, 5) is 11.7. The summed E-state index contributed by atoms with van der Waals surface area (Å²) in [7, 11) is 0. The van der Waals surface area contributed by atoms with Gasteiger partial charge in [0, 0.05) is 19.6 Å². The minimum atomic E-state index is 0.0397. The van der Waals surface area contributed by atoms with Crippen LogP contribution in [0.2, 0.25) is 0 Å². The third-order valence-corrected chi connectivity index (χ3v) is 3.26. The van der Waals surface area contributed by atoms with E-state index in [9.17, 15) is 4.79 Å². The van der Waals surface area contributed by atoms with Crippen LogP contribution in [0.25, 0.3) is 0 Å². The molecular formula is C15H18N2O2. The molecule has 1 fully saturated rings. The van der Waals surface area contributed by atoms with Crippen molar-refractivity contribution in [1.82, 2.24) is 5.32 Å². The molecule has 4 nitrogen and oxygen atoms in total. The first-order valence-electron chi connectivity index (χ1n) is 6.65. The van der Waals surface area contributed by atoms with E-state index < -0.39 is 0 Å². The molecule has 100 valence electrons. The van der Waals surface area contributed by atoms with Crippen LogP contribution in [-0.2, 0) is 16.1 Å². The summed E-state index contributed by atoms with van der Waals surface area (Å²) in [5.41, 5.74) is 1.57. The summed E-state index contributed by atoms with van der Waals surface area (Å²) >= 11 is 0. The van der Waals surface area contributed by atoms with Crippen LogP contribution in [0.3, 0.4) is 0 Å².